The number of imidazole rings is 2. The van der Waals surface area contributed by atoms with Gasteiger partial charge in [0, 0.05) is 35.6 Å². The van der Waals surface area contributed by atoms with Gasteiger partial charge in [0.2, 0.25) is 11.8 Å². The molecule has 14 nitrogen and oxygen atoms in total. The lowest BCUT2D eigenvalue weighted by molar-refractivity contribution is -0.140. The van der Waals surface area contributed by atoms with Crippen molar-refractivity contribution in [2.45, 2.75) is 89.6 Å². The third kappa shape index (κ3) is 6.46. The van der Waals surface area contributed by atoms with Crippen molar-refractivity contribution in [3.63, 3.8) is 0 Å². The molecule has 5 aromatic rings. The molecule has 2 saturated carbocycles. The van der Waals surface area contributed by atoms with Gasteiger partial charge in [0.25, 0.3) is 0 Å². The standard InChI is InChI=1S/C44H48N8O6/c1-21(2)36(49-43(55)58-6)41(53)51-32-17-26(32)20-35(51)40-46-30-14-11-25-15-23(9-12-28(25)37(30)48-40)7-8-24-10-13-29-31(16-24)47-39(45-29)34-19-27-18-33(27)52(34)42(54)38(22(3)4)50(5)44(56)57/h9-16,21-22,26-27,32-36,38H,17-20H2,1-6H3,(H,45,47)(H,46,48)(H,49,55)(H,56,57)/t26-,27-,32-,33-,34+,35+,36+,38+/m1/s1. The number of likely N-dealkylation sites (N-methyl/N-ethyl adjacent to an activating group) is 1. The zero-order valence-corrected chi connectivity index (χ0v) is 33.4. The van der Waals surface area contributed by atoms with Gasteiger partial charge >= 0.3 is 12.2 Å². The van der Waals surface area contributed by atoms with E-state index in [9.17, 15) is 24.3 Å². The summed E-state index contributed by atoms with van der Waals surface area (Å²) in [4.78, 5) is 73.6. The van der Waals surface area contributed by atoms with E-state index in [4.69, 9.17) is 14.7 Å². The Morgan fingerprint density at radius 2 is 1.43 bits per heavy atom. The van der Waals surface area contributed by atoms with Crippen LogP contribution in [0.5, 0.6) is 0 Å². The second-order valence-electron chi connectivity index (χ2n) is 17.2. The Morgan fingerprint density at radius 1 is 0.810 bits per heavy atom. The minimum absolute atomic E-state index is 0.109. The number of nitrogens with one attached hydrogen (secondary N) is 3. The van der Waals surface area contributed by atoms with Crippen molar-refractivity contribution < 1.29 is 29.0 Å². The Morgan fingerprint density at radius 3 is 2.07 bits per heavy atom. The maximum atomic E-state index is 13.9. The van der Waals surface area contributed by atoms with Crippen molar-refractivity contribution >= 4 is 56.8 Å². The molecule has 2 aliphatic carbocycles. The molecular weight excluding hydrogens is 737 g/mol. The number of carbonyl (C=O) groups is 4. The average Bonchev–Trinajstić information content (AvgIpc) is 3.85. The number of rotatable bonds is 8. The van der Waals surface area contributed by atoms with Crippen LogP contribution < -0.4 is 5.32 Å². The number of hydrogen-bond acceptors (Lipinski definition) is 7. The van der Waals surface area contributed by atoms with Crippen LogP contribution in [0.3, 0.4) is 0 Å². The monoisotopic (exact) mass is 784 g/mol. The van der Waals surface area contributed by atoms with Crippen LogP contribution >= 0.6 is 0 Å². The van der Waals surface area contributed by atoms with E-state index in [2.05, 4.69) is 33.2 Å². The maximum Gasteiger partial charge on any atom is 0.407 e. The van der Waals surface area contributed by atoms with E-state index in [1.807, 2.05) is 80.0 Å². The summed E-state index contributed by atoms with van der Waals surface area (Å²) in [5.41, 5.74) is 4.99. The first-order valence-electron chi connectivity index (χ1n) is 20.2. The molecule has 58 heavy (non-hydrogen) atoms. The van der Waals surface area contributed by atoms with Crippen molar-refractivity contribution in [3.05, 3.63) is 71.3 Å². The highest BCUT2D eigenvalue weighted by atomic mass is 16.5. The number of carbonyl (C=O) groups excluding carboxylic acids is 3. The number of aromatic amines is 2. The van der Waals surface area contributed by atoms with Crippen LogP contribution in [-0.2, 0) is 14.3 Å². The molecule has 300 valence electrons. The third-order valence-corrected chi connectivity index (χ3v) is 12.7. The van der Waals surface area contributed by atoms with Crippen molar-refractivity contribution in [3.8, 4) is 11.8 Å². The minimum Gasteiger partial charge on any atom is -0.465 e. The van der Waals surface area contributed by atoms with Crippen molar-refractivity contribution in [2.24, 2.45) is 23.7 Å². The number of amides is 4. The molecule has 4 N–H and O–H groups in total. The molecule has 3 aromatic carbocycles. The molecule has 2 aliphatic heterocycles. The number of nitrogens with zero attached hydrogens (tertiary/aromatic N) is 5. The number of carboxylic acid groups (broad SMARTS) is 1. The Balaban J connectivity index is 0.940. The molecule has 4 aliphatic rings. The number of alkyl carbamates (subject to hydrolysis) is 1. The average molecular weight is 785 g/mol. The van der Waals surface area contributed by atoms with Gasteiger partial charge in [-0.15, -0.1) is 0 Å². The molecule has 4 heterocycles. The summed E-state index contributed by atoms with van der Waals surface area (Å²) in [6, 6.07) is 14.4. The van der Waals surface area contributed by atoms with Crippen LogP contribution in [0.4, 0.5) is 9.59 Å². The minimum atomic E-state index is -1.12. The van der Waals surface area contributed by atoms with E-state index < -0.39 is 24.3 Å². The van der Waals surface area contributed by atoms with Gasteiger partial charge in [-0.1, -0.05) is 51.7 Å². The highest BCUT2D eigenvalue weighted by Crippen LogP contribution is 2.54. The lowest BCUT2D eigenvalue weighted by Crippen LogP contribution is -2.52. The SMILES string of the molecule is COC(=O)N[C@H](C(=O)N1[C@@H]2C[C@@H]2C[C@H]1c1nc2ccc3cc(C#Cc4ccc5[nH]c([C@@H]6C[C@H]7C[C@H]7N6C(=O)[C@H](C(C)C)N(C)C(=O)O)nc5c4)ccc3c2[nH]1)C(C)C. The van der Waals surface area contributed by atoms with Gasteiger partial charge in [-0.05, 0) is 91.1 Å². The number of likely N-dealkylation sites (tertiary alicyclic amines) is 2. The van der Waals surface area contributed by atoms with Crippen molar-refractivity contribution in [1.82, 2.24) is 40.0 Å². The topological polar surface area (TPSA) is 177 Å². The Labute approximate surface area is 335 Å². The number of aromatic nitrogens is 4. The zero-order chi connectivity index (χ0) is 40.7. The molecule has 8 atom stereocenters. The smallest absolute Gasteiger partial charge is 0.407 e. The fourth-order valence-corrected chi connectivity index (χ4v) is 9.53. The number of benzene rings is 3. The summed E-state index contributed by atoms with van der Waals surface area (Å²) in [5.74, 6) is 8.35. The van der Waals surface area contributed by atoms with Crippen LogP contribution in [0.15, 0.2) is 48.5 Å². The van der Waals surface area contributed by atoms with E-state index in [0.29, 0.717) is 17.7 Å². The second kappa shape index (κ2) is 14.1. The lowest BCUT2D eigenvalue weighted by Gasteiger charge is -2.35. The first kappa shape index (κ1) is 37.5. The number of fused-ring (bicyclic) bond motifs is 6. The quantitative estimate of drug-likeness (QED) is 0.132. The number of hydrogen-bond donors (Lipinski definition) is 4. The van der Waals surface area contributed by atoms with Gasteiger partial charge in [-0.2, -0.15) is 0 Å². The molecule has 4 amide bonds. The normalized spacial score (nSPS) is 24.1. The molecule has 2 aromatic heterocycles. The summed E-state index contributed by atoms with van der Waals surface area (Å²) in [5, 5.41) is 14.4. The highest BCUT2D eigenvalue weighted by molar-refractivity contribution is 6.04. The molecule has 0 bridgehead atoms. The van der Waals surface area contributed by atoms with Crippen LogP contribution in [0.25, 0.3) is 32.8 Å². The summed E-state index contributed by atoms with van der Waals surface area (Å²) < 4.78 is 4.81. The van der Waals surface area contributed by atoms with Crippen LogP contribution in [-0.4, -0.2) is 102 Å². The summed E-state index contributed by atoms with van der Waals surface area (Å²) in [6.07, 6.45) is 1.79. The number of H-pyrrole nitrogens is 2. The molecule has 0 spiro atoms. The highest BCUT2D eigenvalue weighted by Gasteiger charge is 2.57. The van der Waals surface area contributed by atoms with Crippen LogP contribution in [0.1, 0.15) is 88.2 Å². The van der Waals surface area contributed by atoms with Crippen LogP contribution in [0.2, 0.25) is 0 Å². The van der Waals surface area contributed by atoms with Gasteiger partial charge in [0.05, 0.1) is 41.3 Å². The molecule has 4 fully saturated rings. The molecule has 0 radical (unpaired) electrons. The number of methoxy groups -OCH3 is 1. The van der Waals surface area contributed by atoms with Gasteiger partial charge in [0.15, 0.2) is 0 Å². The first-order valence-corrected chi connectivity index (χ1v) is 20.2. The predicted octanol–water partition coefficient (Wildman–Crippen LogP) is 6.33. The van der Waals surface area contributed by atoms with E-state index >= 15 is 0 Å². The zero-order valence-electron chi connectivity index (χ0n) is 33.4. The van der Waals surface area contributed by atoms with Gasteiger partial charge in [-0.25, -0.2) is 19.6 Å². The van der Waals surface area contributed by atoms with Crippen LogP contribution in [0, 0.1) is 35.5 Å². The first-order chi connectivity index (χ1) is 27.8. The lowest BCUT2D eigenvalue weighted by atomic mass is 10.0. The maximum absolute atomic E-state index is 13.9. The molecule has 9 rings (SSSR count). The fourth-order valence-electron chi connectivity index (χ4n) is 9.53. The summed E-state index contributed by atoms with van der Waals surface area (Å²) >= 11 is 0. The van der Waals surface area contributed by atoms with E-state index in [1.165, 1.54) is 14.2 Å². The van der Waals surface area contributed by atoms with Gasteiger partial charge in [0.1, 0.15) is 23.7 Å². The van der Waals surface area contributed by atoms with Gasteiger partial charge < -0.3 is 34.9 Å². The third-order valence-electron chi connectivity index (χ3n) is 12.7. The van der Waals surface area contributed by atoms with Crippen molar-refractivity contribution in [1.29, 1.82) is 0 Å². The van der Waals surface area contributed by atoms with E-state index in [0.717, 1.165) is 80.4 Å². The Bertz CT molecular complexity index is 2570. The summed E-state index contributed by atoms with van der Waals surface area (Å²) in [6.45, 7) is 7.59. The largest absolute Gasteiger partial charge is 0.465 e. The second-order valence-corrected chi connectivity index (χ2v) is 17.2. The van der Waals surface area contributed by atoms with E-state index in [1.54, 1.807) is 0 Å². The Hall–Kier alpha value is -6.10. The Kier molecular flexibility index (Phi) is 9.09. The summed E-state index contributed by atoms with van der Waals surface area (Å²) in [7, 11) is 2.76. The molecule has 0 unspecified atom stereocenters. The predicted molar refractivity (Wildman–Crippen MR) is 216 cm³/mol. The number of piperidine rings is 2. The van der Waals surface area contributed by atoms with Crippen molar-refractivity contribution in [2.75, 3.05) is 14.2 Å². The van der Waals surface area contributed by atoms with E-state index in [-0.39, 0.29) is 47.8 Å². The molecule has 14 heteroatoms. The number of ether oxygens (including phenoxy) is 1. The fraction of sp³-hybridized carbons (Fsp3) is 0.455. The molecular formula is C44H48N8O6. The van der Waals surface area contributed by atoms with Gasteiger partial charge in [-0.3, -0.25) is 14.5 Å². The molecule has 2 saturated heterocycles.